The summed E-state index contributed by atoms with van der Waals surface area (Å²) in [5.74, 6) is 0.781. The van der Waals surface area contributed by atoms with Gasteiger partial charge in [0.15, 0.2) is 0 Å². The molecule has 1 saturated heterocycles. The Hall–Kier alpha value is -1.98. The molecule has 0 spiro atoms. The van der Waals surface area contributed by atoms with Crippen LogP contribution in [0.2, 0.25) is 0 Å². The van der Waals surface area contributed by atoms with Crippen LogP contribution >= 0.6 is 11.3 Å². The summed E-state index contributed by atoms with van der Waals surface area (Å²) in [5.41, 5.74) is 3.24. The fraction of sp³-hybridized carbons (Fsp3) is 0.400. The maximum atomic E-state index is 12.7. The van der Waals surface area contributed by atoms with Gasteiger partial charge < -0.3 is 4.98 Å². The van der Waals surface area contributed by atoms with Crippen molar-refractivity contribution in [2.24, 2.45) is 0 Å². The summed E-state index contributed by atoms with van der Waals surface area (Å²) in [6.45, 7) is 6.14. The molecule has 0 amide bonds. The molecule has 1 N–H and O–H groups in total. The first-order valence-corrected chi connectivity index (χ1v) is 9.81. The monoisotopic (exact) mass is 353 g/mol. The topological polar surface area (TPSA) is 49.0 Å². The van der Waals surface area contributed by atoms with Crippen LogP contribution in [0.4, 0.5) is 0 Å². The molecule has 4 rings (SSSR count). The van der Waals surface area contributed by atoms with Crippen LogP contribution in [0, 0.1) is 6.92 Å². The van der Waals surface area contributed by atoms with Crippen molar-refractivity contribution in [3.05, 3.63) is 51.4 Å². The van der Waals surface area contributed by atoms with Gasteiger partial charge in [-0.2, -0.15) is 0 Å². The summed E-state index contributed by atoms with van der Waals surface area (Å²) in [6, 6.07) is 8.85. The lowest BCUT2D eigenvalue weighted by atomic mass is 10.0. The van der Waals surface area contributed by atoms with Crippen molar-refractivity contribution in [2.45, 2.75) is 45.7 Å². The van der Waals surface area contributed by atoms with Gasteiger partial charge >= 0.3 is 0 Å². The average molecular weight is 353 g/mol. The highest BCUT2D eigenvalue weighted by Gasteiger charge is 2.20. The molecule has 0 bridgehead atoms. The highest BCUT2D eigenvalue weighted by molar-refractivity contribution is 7.17. The summed E-state index contributed by atoms with van der Waals surface area (Å²) in [7, 11) is 0. The summed E-state index contributed by atoms with van der Waals surface area (Å²) >= 11 is 1.55. The number of nitrogens with zero attached hydrogens (tertiary/aromatic N) is 2. The van der Waals surface area contributed by atoms with Gasteiger partial charge in [0.05, 0.1) is 11.9 Å². The van der Waals surface area contributed by atoms with Crippen LogP contribution in [-0.4, -0.2) is 27.5 Å². The molecule has 4 nitrogen and oxygen atoms in total. The smallest absolute Gasteiger partial charge is 0.260 e. The number of aromatic amines is 1. The predicted octanol–water partition coefficient (Wildman–Crippen LogP) is 4.33. The van der Waals surface area contributed by atoms with Gasteiger partial charge in [0.2, 0.25) is 0 Å². The van der Waals surface area contributed by atoms with Crippen molar-refractivity contribution in [1.29, 1.82) is 0 Å². The Morgan fingerprint density at radius 1 is 1.28 bits per heavy atom. The lowest BCUT2D eigenvalue weighted by Crippen LogP contribution is -2.37. The normalized spacial score (nSPS) is 18.7. The number of benzene rings is 1. The van der Waals surface area contributed by atoms with Gasteiger partial charge in [0, 0.05) is 17.0 Å². The van der Waals surface area contributed by atoms with E-state index in [4.69, 9.17) is 4.98 Å². The second-order valence-electron chi connectivity index (χ2n) is 7.02. The fourth-order valence-electron chi connectivity index (χ4n) is 3.60. The Labute approximate surface area is 151 Å². The van der Waals surface area contributed by atoms with Gasteiger partial charge in [0.1, 0.15) is 10.7 Å². The number of H-pyrrole nitrogens is 1. The summed E-state index contributed by atoms with van der Waals surface area (Å²) in [5, 5.41) is 2.76. The van der Waals surface area contributed by atoms with Crippen molar-refractivity contribution in [3.8, 4) is 11.1 Å². The van der Waals surface area contributed by atoms with Crippen molar-refractivity contribution >= 4 is 21.6 Å². The molecular formula is C20H23N3OS. The van der Waals surface area contributed by atoms with Crippen LogP contribution in [-0.2, 0) is 6.54 Å². The van der Waals surface area contributed by atoms with Crippen molar-refractivity contribution in [3.63, 3.8) is 0 Å². The quantitative estimate of drug-likeness (QED) is 0.762. The zero-order valence-corrected chi connectivity index (χ0v) is 15.5. The number of piperidine rings is 1. The number of aryl methyl sites for hydroxylation is 1. The molecule has 5 heteroatoms. The van der Waals surface area contributed by atoms with Gasteiger partial charge in [-0.1, -0.05) is 36.2 Å². The van der Waals surface area contributed by atoms with E-state index in [2.05, 4.69) is 48.0 Å². The standard InChI is InChI=1S/C20H23N3OS/c1-13-6-8-15(9-7-13)16-12-25-20-18(16)19(24)21-17(22-20)11-23-10-4-3-5-14(23)2/h6-9,12,14H,3-5,10-11H2,1-2H3,(H,21,22,24)/t14-/m1/s1. The number of rotatable bonds is 3. The molecule has 25 heavy (non-hydrogen) atoms. The number of hydrogen-bond acceptors (Lipinski definition) is 4. The molecule has 0 aliphatic carbocycles. The molecule has 0 unspecified atom stereocenters. The van der Waals surface area contributed by atoms with Crippen LogP contribution in [0.15, 0.2) is 34.4 Å². The maximum Gasteiger partial charge on any atom is 0.260 e. The van der Waals surface area contributed by atoms with Gasteiger partial charge in [-0.25, -0.2) is 4.98 Å². The lowest BCUT2D eigenvalue weighted by Gasteiger charge is -2.32. The number of hydrogen-bond donors (Lipinski definition) is 1. The van der Waals surface area contributed by atoms with E-state index in [0.29, 0.717) is 11.4 Å². The minimum atomic E-state index is -0.0264. The SMILES string of the molecule is Cc1ccc(-c2csc3nc(CN4CCCC[C@H]4C)[nH]c(=O)c23)cc1. The number of aromatic nitrogens is 2. The van der Waals surface area contributed by atoms with Crippen molar-refractivity contribution in [1.82, 2.24) is 14.9 Å². The molecular weight excluding hydrogens is 330 g/mol. The van der Waals surface area contributed by atoms with Crippen LogP contribution in [0.3, 0.4) is 0 Å². The Bertz CT molecular complexity index is 942. The third-order valence-corrected chi connectivity index (χ3v) is 6.02. The van der Waals surface area contributed by atoms with Crippen molar-refractivity contribution in [2.75, 3.05) is 6.54 Å². The largest absolute Gasteiger partial charge is 0.309 e. The van der Waals surface area contributed by atoms with Crippen LogP contribution in [0.1, 0.15) is 37.6 Å². The highest BCUT2D eigenvalue weighted by atomic mass is 32.1. The first-order valence-electron chi connectivity index (χ1n) is 8.93. The molecule has 1 aromatic carbocycles. The molecule has 0 saturated carbocycles. The molecule has 2 aromatic heterocycles. The molecule has 0 radical (unpaired) electrons. The molecule has 1 aliphatic rings. The van der Waals surface area contributed by atoms with E-state index < -0.39 is 0 Å². The third-order valence-electron chi connectivity index (χ3n) is 5.15. The third kappa shape index (κ3) is 3.26. The number of thiophene rings is 1. The number of fused-ring (bicyclic) bond motifs is 1. The van der Waals surface area contributed by atoms with Gasteiger partial charge in [-0.05, 0) is 38.8 Å². The Kier molecular flexibility index (Phi) is 4.44. The van der Waals surface area contributed by atoms with E-state index in [9.17, 15) is 4.79 Å². The zero-order chi connectivity index (χ0) is 17.4. The van der Waals surface area contributed by atoms with E-state index in [-0.39, 0.29) is 5.56 Å². The molecule has 3 aromatic rings. The highest BCUT2D eigenvalue weighted by Crippen LogP contribution is 2.31. The molecule has 1 fully saturated rings. The minimum absolute atomic E-state index is 0.0264. The average Bonchev–Trinajstić information content (AvgIpc) is 3.02. The zero-order valence-electron chi connectivity index (χ0n) is 14.7. The fourth-order valence-corrected chi connectivity index (χ4v) is 4.57. The molecule has 1 aliphatic heterocycles. The second-order valence-corrected chi connectivity index (χ2v) is 7.88. The number of nitrogens with one attached hydrogen (secondary N) is 1. The van der Waals surface area contributed by atoms with Crippen LogP contribution in [0.25, 0.3) is 21.3 Å². The Morgan fingerprint density at radius 3 is 2.84 bits per heavy atom. The maximum absolute atomic E-state index is 12.7. The van der Waals surface area contributed by atoms with Crippen LogP contribution in [0.5, 0.6) is 0 Å². The van der Waals surface area contributed by atoms with Gasteiger partial charge in [-0.15, -0.1) is 11.3 Å². The first-order chi connectivity index (χ1) is 12.1. The summed E-state index contributed by atoms with van der Waals surface area (Å²) < 4.78 is 0. The van der Waals surface area contributed by atoms with E-state index >= 15 is 0 Å². The predicted molar refractivity (Wildman–Crippen MR) is 104 cm³/mol. The summed E-state index contributed by atoms with van der Waals surface area (Å²) in [6.07, 6.45) is 3.75. The van der Waals surface area contributed by atoms with E-state index in [1.54, 1.807) is 11.3 Å². The van der Waals surface area contributed by atoms with E-state index in [0.717, 1.165) is 34.9 Å². The lowest BCUT2D eigenvalue weighted by molar-refractivity contribution is 0.149. The molecule has 130 valence electrons. The van der Waals surface area contributed by atoms with Crippen LogP contribution < -0.4 is 5.56 Å². The second kappa shape index (κ2) is 6.73. The number of likely N-dealkylation sites (tertiary alicyclic amines) is 1. The summed E-state index contributed by atoms with van der Waals surface area (Å²) in [4.78, 5) is 23.8. The Morgan fingerprint density at radius 2 is 2.08 bits per heavy atom. The minimum Gasteiger partial charge on any atom is -0.309 e. The first kappa shape index (κ1) is 16.5. The van der Waals surface area contributed by atoms with E-state index in [1.165, 1.54) is 24.8 Å². The van der Waals surface area contributed by atoms with Gasteiger partial charge in [-0.3, -0.25) is 9.69 Å². The van der Waals surface area contributed by atoms with E-state index in [1.807, 2.05) is 5.38 Å². The van der Waals surface area contributed by atoms with Gasteiger partial charge in [0.25, 0.3) is 5.56 Å². The Balaban J connectivity index is 1.69. The van der Waals surface area contributed by atoms with Crippen molar-refractivity contribution < 1.29 is 0 Å². The molecule has 3 heterocycles. The molecule has 1 atom stereocenters.